The van der Waals surface area contributed by atoms with Gasteiger partial charge in [-0.25, -0.2) is 9.37 Å². The van der Waals surface area contributed by atoms with Gasteiger partial charge in [0, 0.05) is 37.2 Å². The quantitative estimate of drug-likeness (QED) is 0.373. The van der Waals surface area contributed by atoms with Crippen LogP contribution in [-0.2, 0) is 10.9 Å². The van der Waals surface area contributed by atoms with Gasteiger partial charge in [-0.2, -0.15) is 18.2 Å². The number of fused-ring (bicyclic) bond motifs is 3. The molecule has 3 heterocycles. The molecule has 1 unspecified atom stereocenters. The highest BCUT2D eigenvalue weighted by atomic mass is 79.9. The Balaban J connectivity index is 1.81. The first-order valence-corrected chi connectivity index (χ1v) is 10.3. The molecule has 3 atom stereocenters. The van der Waals surface area contributed by atoms with Crippen molar-refractivity contribution in [3.05, 3.63) is 27.2 Å². The summed E-state index contributed by atoms with van der Waals surface area (Å²) in [5, 5.41) is 3.24. The molecule has 29 heavy (non-hydrogen) atoms. The van der Waals surface area contributed by atoms with Crippen LogP contribution in [0.4, 0.5) is 23.4 Å². The summed E-state index contributed by atoms with van der Waals surface area (Å²) in [4.78, 5) is 10.1. The molecule has 5 nitrogen and oxygen atoms in total. The first-order chi connectivity index (χ1) is 13.7. The van der Waals surface area contributed by atoms with Crippen LogP contribution >= 0.6 is 27.5 Å². The summed E-state index contributed by atoms with van der Waals surface area (Å²) in [7, 11) is 1.62. The second kappa shape index (κ2) is 7.79. The van der Waals surface area contributed by atoms with Gasteiger partial charge in [-0.1, -0.05) is 0 Å². The number of rotatable bonds is 5. The number of benzene rings is 1. The number of aromatic nitrogens is 2. The first-order valence-electron chi connectivity index (χ1n) is 9.15. The van der Waals surface area contributed by atoms with E-state index in [4.69, 9.17) is 16.3 Å². The number of methoxy groups -OCH3 is 1. The third kappa shape index (κ3) is 3.68. The lowest BCUT2D eigenvalue weighted by Gasteiger charge is -2.27. The molecule has 2 fully saturated rings. The third-order valence-corrected chi connectivity index (χ3v) is 6.57. The predicted molar refractivity (Wildman–Crippen MR) is 105 cm³/mol. The van der Waals surface area contributed by atoms with E-state index in [0.29, 0.717) is 13.2 Å². The van der Waals surface area contributed by atoms with E-state index in [1.54, 1.807) is 7.11 Å². The number of nitrogens with one attached hydrogen (secondary N) is 1. The summed E-state index contributed by atoms with van der Waals surface area (Å²) < 4.78 is 59.5. The largest absolute Gasteiger partial charge is 0.417 e. The summed E-state index contributed by atoms with van der Waals surface area (Å²) >= 11 is 8.74. The molecule has 2 aromatic rings. The van der Waals surface area contributed by atoms with Crippen LogP contribution in [0.1, 0.15) is 24.8 Å². The summed E-state index contributed by atoms with van der Waals surface area (Å²) in [6, 6.07) is 1.18. The maximum atomic E-state index is 14.8. The molecule has 0 saturated carbocycles. The zero-order valence-corrected chi connectivity index (χ0v) is 17.7. The number of alkyl halides is 3. The van der Waals surface area contributed by atoms with Crippen LogP contribution in [0.5, 0.6) is 0 Å². The molecule has 2 bridgehead atoms. The van der Waals surface area contributed by atoms with Crippen molar-refractivity contribution >= 4 is 44.3 Å². The van der Waals surface area contributed by atoms with Gasteiger partial charge in [0.05, 0.1) is 16.6 Å². The van der Waals surface area contributed by atoms with Crippen LogP contribution in [0.25, 0.3) is 10.9 Å². The fourth-order valence-corrected chi connectivity index (χ4v) is 5.14. The molecule has 1 N–H and O–H groups in total. The molecular weight excluding hydrogens is 480 g/mol. The van der Waals surface area contributed by atoms with E-state index in [1.807, 2.05) is 4.90 Å². The molecule has 1 aromatic carbocycles. The van der Waals surface area contributed by atoms with Crippen molar-refractivity contribution in [2.75, 3.05) is 25.2 Å². The Kier molecular flexibility index (Phi) is 5.65. The van der Waals surface area contributed by atoms with E-state index in [9.17, 15) is 17.6 Å². The highest BCUT2D eigenvalue weighted by Crippen LogP contribution is 2.45. The second-order valence-corrected chi connectivity index (χ2v) is 8.39. The Morgan fingerprint density at radius 3 is 2.79 bits per heavy atom. The van der Waals surface area contributed by atoms with Gasteiger partial charge in [0.2, 0.25) is 5.28 Å². The summed E-state index contributed by atoms with van der Waals surface area (Å²) in [5.41, 5.74) is -1.33. The van der Waals surface area contributed by atoms with E-state index in [1.165, 1.54) is 0 Å². The van der Waals surface area contributed by atoms with E-state index in [2.05, 4.69) is 31.2 Å². The molecule has 0 amide bonds. The van der Waals surface area contributed by atoms with Crippen LogP contribution in [0.2, 0.25) is 5.28 Å². The Labute approximate surface area is 177 Å². The molecule has 4 rings (SSSR count). The van der Waals surface area contributed by atoms with E-state index in [-0.39, 0.29) is 40.1 Å². The van der Waals surface area contributed by atoms with Crippen LogP contribution in [0.15, 0.2) is 10.5 Å². The van der Waals surface area contributed by atoms with Crippen molar-refractivity contribution < 1.29 is 22.3 Å². The van der Waals surface area contributed by atoms with Crippen molar-refractivity contribution in [2.45, 2.75) is 43.6 Å². The van der Waals surface area contributed by atoms with Gasteiger partial charge in [-0.3, -0.25) is 0 Å². The van der Waals surface area contributed by atoms with Crippen molar-refractivity contribution in [3.8, 4) is 0 Å². The fourth-order valence-electron chi connectivity index (χ4n) is 4.45. The van der Waals surface area contributed by atoms with Crippen LogP contribution in [0.3, 0.4) is 0 Å². The van der Waals surface area contributed by atoms with Gasteiger partial charge in [0.1, 0.15) is 11.3 Å². The maximum Gasteiger partial charge on any atom is 0.417 e. The van der Waals surface area contributed by atoms with Crippen molar-refractivity contribution in [3.63, 3.8) is 0 Å². The second-order valence-electron chi connectivity index (χ2n) is 7.26. The predicted octanol–water partition coefficient (Wildman–Crippen LogP) is 4.55. The number of nitrogens with zero attached hydrogens (tertiary/aromatic N) is 3. The zero-order valence-electron chi connectivity index (χ0n) is 15.4. The van der Waals surface area contributed by atoms with Crippen molar-refractivity contribution in [1.29, 1.82) is 0 Å². The minimum absolute atomic E-state index is 0.0110. The van der Waals surface area contributed by atoms with Crippen LogP contribution in [-0.4, -0.2) is 48.4 Å². The normalized spacial score (nSPS) is 24.1. The van der Waals surface area contributed by atoms with E-state index < -0.39 is 22.0 Å². The molecule has 2 aliphatic rings. The van der Waals surface area contributed by atoms with Gasteiger partial charge < -0.3 is 15.0 Å². The molecule has 158 valence electrons. The molecule has 0 radical (unpaired) electrons. The maximum absolute atomic E-state index is 14.8. The van der Waals surface area contributed by atoms with E-state index in [0.717, 1.165) is 25.3 Å². The number of hydrogen-bond donors (Lipinski definition) is 1. The Morgan fingerprint density at radius 2 is 2.10 bits per heavy atom. The number of hydrogen-bond acceptors (Lipinski definition) is 5. The smallest absolute Gasteiger partial charge is 0.383 e. The lowest BCUT2D eigenvalue weighted by molar-refractivity contribution is -0.138. The lowest BCUT2D eigenvalue weighted by Crippen LogP contribution is -2.42. The summed E-state index contributed by atoms with van der Waals surface area (Å²) in [5.74, 6) is -0.845. The summed E-state index contributed by atoms with van der Waals surface area (Å²) in [6.07, 6.45) is -2.15. The average molecular weight is 498 g/mol. The molecule has 1 aromatic heterocycles. The number of anilines is 1. The van der Waals surface area contributed by atoms with Crippen molar-refractivity contribution in [2.24, 2.45) is 0 Å². The molecule has 2 saturated heterocycles. The fraction of sp³-hybridized carbons (Fsp3) is 0.556. The minimum atomic E-state index is -4.72. The van der Waals surface area contributed by atoms with Gasteiger partial charge in [-0.15, -0.1) is 0 Å². The molecule has 2 aliphatic heterocycles. The topological polar surface area (TPSA) is 50.3 Å². The molecule has 11 heteroatoms. The molecular formula is C18H18BrClF4N4O. The number of ether oxygens (including phenoxy) is 1. The average Bonchev–Trinajstić information content (AvgIpc) is 3.21. The van der Waals surface area contributed by atoms with Crippen molar-refractivity contribution in [1.82, 2.24) is 15.3 Å². The SMILES string of the molecule is COCCNC1C[C@H]2CC[C@@H]1N2c1nc(Cl)nc2c(F)c(Br)c(C(F)(F)F)cc12. The van der Waals surface area contributed by atoms with Gasteiger partial charge in [0.25, 0.3) is 0 Å². The third-order valence-electron chi connectivity index (χ3n) is 5.62. The van der Waals surface area contributed by atoms with Crippen LogP contribution < -0.4 is 10.2 Å². The number of halogens is 6. The highest BCUT2D eigenvalue weighted by Gasteiger charge is 2.47. The zero-order chi connectivity index (χ0) is 20.9. The van der Waals surface area contributed by atoms with Gasteiger partial charge >= 0.3 is 6.18 Å². The van der Waals surface area contributed by atoms with Gasteiger partial charge in [0.15, 0.2) is 5.82 Å². The minimum Gasteiger partial charge on any atom is -0.383 e. The van der Waals surface area contributed by atoms with E-state index >= 15 is 0 Å². The lowest BCUT2D eigenvalue weighted by atomic mass is 9.95. The Hall–Kier alpha value is -1.23. The highest BCUT2D eigenvalue weighted by molar-refractivity contribution is 9.10. The molecule has 0 aliphatic carbocycles. The first kappa shape index (κ1) is 21.0. The van der Waals surface area contributed by atoms with Crippen LogP contribution in [0, 0.1) is 5.82 Å². The standard InChI is InChI=1S/C18H18BrClF4N4O/c1-29-5-4-25-11-6-8-2-3-12(11)28(8)16-9-7-10(18(22,23)24)13(19)14(21)15(9)26-17(20)27-16/h7-8,11-12,25H,2-6H2,1H3/t8-,11?,12+/m1/s1. The summed E-state index contributed by atoms with van der Waals surface area (Å²) in [6.45, 7) is 1.23. The molecule has 0 spiro atoms. The monoisotopic (exact) mass is 496 g/mol. The van der Waals surface area contributed by atoms with Gasteiger partial charge in [-0.05, 0) is 52.9 Å². The Morgan fingerprint density at radius 1 is 1.34 bits per heavy atom. The Bertz CT molecular complexity index is 944.